The van der Waals surface area contributed by atoms with Gasteiger partial charge in [0.05, 0.1) is 17.9 Å². The van der Waals surface area contributed by atoms with E-state index in [1.54, 1.807) is 4.90 Å². The summed E-state index contributed by atoms with van der Waals surface area (Å²) in [5.74, 6) is 0.921. The average Bonchev–Trinajstić information content (AvgIpc) is 2.94. The molecule has 2 aliphatic heterocycles. The number of hydrogen-bond donors (Lipinski definition) is 1. The Morgan fingerprint density at radius 2 is 2.25 bits per heavy atom. The number of carbonyl (C=O) groups is 1. The molecule has 4 nitrogen and oxygen atoms in total. The van der Waals surface area contributed by atoms with Gasteiger partial charge in [0.25, 0.3) is 0 Å². The molecule has 2 aliphatic rings. The van der Waals surface area contributed by atoms with Crippen LogP contribution in [0.15, 0.2) is 22.7 Å². The molecule has 2 heterocycles. The van der Waals surface area contributed by atoms with Gasteiger partial charge < -0.3 is 15.1 Å². The van der Waals surface area contributed by atoms with Gasteiger partial charge in [-0.3, -0.25) is 4.79 Å². The van der Waals surface area contributed by atoms with Gasteiger partial charge >= 0.3 is 0 Å². The van der Waals surface area contributed by atoms with Crippen molar-refractivity contribution in [2.24, 2.45) is 5.92 Å². The van der Waals surface area contributed by atoms with Crippen molar-refractivity contribution >= 4 is 33.2 Å². The minimum atomic E-state index is 0.171. The molecule has 3 rings (SSSR count). The standard InChI is InChI=1S/C15H20BrN3O/c1-18-13-3-2-12(16)8-14(13)19(10-15(18)20)7-5-11-4-6-17-9-11/h2-3,8,11,17H,4-7,9-10H2,1H3. The van der Waals surface area contributed by atoms with Crippen LogP contribution in [-0.4, -0.2) is 39.1 Å². The summed E-state index contributed by atoms with van der Waals surface area (Å²) in [6.07, 6.45) is 2.41. The number of benzene rings is 1. The maximum absolute atomic E-state index is 12.1. The molecule has 0 radical (unpaired) electrons. The molecular formula is C15H20BrN3O. The number of fused-ring (bicyclic) bond motifs is 1. The van der Waals surface area contributed by atoms with Gasteiger partial charge in [0.2, 0.25) is 5.91 Å². The first-order valence-electron chi connectivity index (χ1n) is 7.17. The summed E-state index contributed by atoms with van der Waals surface area (Å²) in [5.41, 5.74) is 2.17. The molecule has 1 unspecified atom stereocenters. The van der Waals surface area contributed by atoms with Crippen molar-refractivity contribution < 1.29 is 4.79 Å². The molecule has 0 aromatic heterocycles. The van der Waals surface area contributed by atoms with Gasteiger partial charge in [-0.2, -0.15) is 0 Å². The lowest BCUT2D eigenvalue weighted by Crippen LogP contribution is -2.44. The van der Waals surface area contributed by atoms with E-state index >= 15 is 0 Å². The molecule has 0 saturated carbocycles. The third-order valence-corrected chi connectivity index (χ3v) is 4.80. The number of anilines is 2. The quantitative estimate of drug-likeness (QED) is 0.918. The number of rotatable bonds is 3. The summed E-state index contributed by atoms with van der Waals surface area (Å²) >= 11 is 3.53. The lowest BCUT2D eigenvalue weighted by atomic mass is 10.0. The summed E-state index contributed by atoms with van der Waals surface area (Å²) in [6.45, 7) is 3.69. The van der Waals surface area contributed by atoms with E-state index in [0.717, 1.165) is 47.8 Å². The van der Waals surface area contributed by atoms with Crippen LogP contribution in [0.2, 0.25) is 0 Å². The van der Waals surface area contributed by atoms with Crippen LogP contribution in [0.1, 0.15) is 12.8 Å². The second kappa shape index (κ2) is 5.74. The molecule has 0 bridgehead atoms. The average molecular weight is 338 g/mol. The number of nitrogens with zero attached hydrogens (tertiary/aromatic N) is 2. The first kappa shape index (κ1) is 13.9. The van der Waals surface area contributed by atoms with Crippen LogP contribution in [0.5, 0.6) is 0 Å². The molecule has 1 amide bonds. The van der Waals surface area contributed by atoms with Crippen LogP contribution in [0, 0.1) is 5.92 Å². The van der Waals surface area contributed by atoms with Crippen molar-refractivity contribution in [3.05, 3.63) is 22.7 Å². The summed E-state index contributed by atoms with van der Waals surface area (Å²) in [5, 5.41) is 3.40. The molecule has 0 aliphatic carbocycles. The van der Waals surface area contributed by atoms with Crippen LogP contribution >= 0.6 is 15.9 Å². The van der Waals surface area contributed by atoms with Crippen LogP contribution < -0.4 is 15.1 Å². The van der Waals surface area contributed by atoms with Crippen molar-refractivity contribution in [2.45, 2.75) is 12.8 Å². The molecule has 5 heteroatoms. The minimum absolute atomic E-state index is 0.171. The molecule has 1 fully saturated rings. The van der Waals surface area contributed by atoms with Gasteiger partial charge in [-0.05, 0) is 50.0 Å². The van der Waals surface area contributed by atoms with Gasteiger partial charge in [0.1, 0.15) is 0 Å². The van der Waals surface area contributed by atoms with Crippen molar-refractivity contribution in [1.82, 2.24) is 5.32 Å². The van der Waals surface area contributed by atoms with Crippen molar-refractivity contribution in [1.29, 1.82) is 0 Å². The lowest BCUT2D eigenvalue weighted by molar-refractivity contribution is -0.117. The highest BCUT2D eigenvalue weighted by Gasteiger charge is 2.27. The second-order valence-corrected chi connectivity index (χ2v) is 6.57. The van der Waals surface area contributed by atoms with Crippen LogP contribution in [0.4, 0.5) is 11.4 Å². The first-order valence-corrected chi connectivity index (χ1v) is 7.96. The topological polar surface area (TPSA) is 35.6 Å². The first-order chi connectivity index (χ1) is 9.65. The van der Waals surface area contributed by atoms with Crippen LogP contribution in [0.3, 0.4) is 0 Å². The molecule has 0 spiro atoms. The van der Waals surface area contributed by atoms with E-state index in [2.05, 4.69) is 32.2 Å². The number of amides is 1. The van der Waals surface area contributed by atoms with Crippen molar-refractivity contribution in [2.75, 3.05) is 43.0 Å². The zero-order chi connectivity index (χ0) is 14.1. The molecule has 20 heavy (non-hydrogen) atoms. The van der Waals surface area contributed by atoms with Crippen molar-refractivity contribution in [3.63, 3.8) is 0 Å². The Morgan fingerprint density at radius 3 is 3.00 bits per heavy atom. The van der Waals surface area contributed by atoms with Gasteiger partial charge in [-0.15, -0.1) is 0 Å². The SMILES string of the molecule is CN1C(=O)CN(CCC2CCNC2)c2cc(Br)ccc21. The highest BCUT2D eigenvalue weighted by atomic mass is 79.9. The van der Waals surface area contributed by atoms with E-state index in [1.165, 1.54) is 6.42 Å². The van der Waals surface area contributed by atoms with E-state index in [9.17, 15) is 4.79 Å². The second-order valence-electron chi connectivity index (χ2n) is 5.65. The summed E-state index contributed by atoms with van der Waals surface area (Å²) < 4.78 is 1.06. The van der Waals surface area contributed by atoms with E-state index in [0.29, 0.717) is 6.54 Å². The van der Waals surface area contributed by atoms with E-state index in [1.807, 2.05) is 19.2 Å². The normalized spacial score (nSPS) is 22.3. The molecule has 108 valence electrons. The fourth-order valence-corrected chi connectivity index (χ4v) is 3.37. The lowest BCUT2D eigenvalue weighted by Gasteiger charge is -2.36. The monoisotopic (exact) mass is 337 g/mol. The third kappa shape index (κ3) is 2.69. The number of nitrogens with one attached hydrogen (secondary N) is 1. The fourth-order valence-electron chi connectivity index (χ4n) is 3.02. The number of halogens is 1. The minimum Gasteiger partial charge on any atom is -0.360 e. The predicted octanol–water partition coefficient (Wildman–Crippen LogP) is 2.23. The fraction of sp³-hybridized carbons (Fsp3) is 0.533. The summed E-state index contributed by atoms with van der Waals surface area (Å²) in [6, 6.07) is 6.12. The number of carbonyl (C=O) groups excluding carboxylic acids is 1. The van der Waals surface area contributed by atoms with Gasteiger partial charge in [-0.25, -0.2) is 0 Å². The number of hydrogen-bond acceptors (Lipinski definition) is 3. The van der Waals surface area contributed by atoms with Crippen LogP contribution in [-0.2, 0) is 4.79 Å². The van der Waals surface area contributed by atoms with E-state index in [-0.39, 0.29) is 5.91 Å². The van der Waals surface area contributed by atoms with Gasteiger partial charge in [0, 0.05) is 18.1 Å². The van der Waals surface area contributed by atoms with E-state index in [4.69, 9.17) is 0 Å². The van der Waals surface area contributed by atoms with Gasteiger partial charge in [0.15, 0.2) is 0 Å². The molecule has 1 aromatic carbocycles. The highest BCUT2D eigenvalue weighted by Crippen LogP contribution is 2.35. The highest BCUT2D eigenvalue weighted by molar-refractivity contribution is 9.10. The smallest absolute Gasteiger partial charge is 0.246 e. The molecule has 1 N–H and O–H groups in total. The Morgan fingerprint density at radius 1 is 1.40 bits per heavy atom. The Kier molecular flexibility index (Phi) is 3.98. The Hall–Kier alpha value is -1.07. The largest absolute Gasteiger partial charge is 0.360 e. The summed E-state index contributed by atoms with van der Waals surface area (Å²) in [7, 11) is 1.85. The molecular weight excluding hydrogens is 318 g/mol. The summed E-state index contributed by atoms with van der Waals surface area (Å²) in [4.78, 5) is 16.1. The third-order valence-electron chi connectivity index (χ3n) is 4.31. The molecule has 1 saturated heterocycles. The number of likely N-dealkylation sites (N-methyl/N-ethyl adjacent to an activating group) is 1. The zero-order valence-corrected chi connectivity index (χ0v) is 13.3. The Labute approximate surface area is 128 Å². The van der Waals surface area contributed by atoms with Crippen LogP contribution in [0.25, 0.3) is 0 Å². The predicted molar refractivity (Wildman–Crippen MR) is 85.4 cm³/mol. The van der Waals surface area contributed by atoms with Crippen molar-refractivity contribution in [3.8, 4) is 0 Å². The molecule has 1 atom stereocenters. The maximum atomic E-state index is 12.1. The van der Waals surface area contributed by atoms with Gasteiger partial charge in [-0.1, -0.05) is 15.9 Å². The Bertz CT molecular complexity index is 514. The zero-order valence-electron chi connectivity index (χ0n) is 11.7. The molecule has 1 aromatic rings. The maximum Gasteiger partial charge on any atom is 0.246 e. The Balaban J connectivity index is 1.78. The van der Waals surface area contributed by atoms with E-state index < -0.39 is 0 Å².